The lowest BCUT2D eigenvalue weighted by Crippen LogP contribution is -2.21. The third-order valence-corrected chi connectivity index (χ3v) is 4.18. The van der Waals surface area contributed by atoms with E-state index in [2.05, 4.69) is 45.0 Å². The van der Waals surface area contributed by atoms with Gasteiger partial charge in [-0.2, -0.15) is 0 Å². The second kappa shape index (κ2) is 7.21. The summed E-state index contributed by atoms with van der Waals surface area (Å²) in [4.78, 5) is 12.8. The molecule has 2 unspecified atom stereocenters. The number of aryl methyl sites for hydroxylation is 1. The fourth-order valence-corrected chi connectivity index (χ4v) is 2.86. The van der Waals surface area contributed by atoms with Crippen LogP contribution in [0.3, 0.4) is 0 Å². The molecule has 0 aliphatic heterocycles. The lowest BCUT2D eigenvalue weighted by atomic mass is 9.80. The van der Waals surface area contributed by atoms with Crippen LogP contribution in [0.15, 0.2) is 54.6 Å². The maximum absolute atomic E-state index is 12.8. The first-order valence-electron chi connectivity index (χ1n) is 7.75. The van der Waals surface area contributed by atoms with Crippen molar-refractivity contribution in [2.75, 3.05) is 0 Å². The first kappa shape index (κ1) is 15.5. The van der Waals surface area contributed by atoms with Gasteiger partial charge in [0.15, 0.2) is 0 Å². The lowest BCUT2D eigenvalue weighted by Gasteiger charge is -2.22. The molecule has 0 aromatic heterocycles. The van der Waals surface area contributed by atoms with Gasteiger partial charge in [-0.15, -0.1) is 0 Å². The van der Waals surface area contributed by atoms with Crippen LogP contribution in [0.4, 0.5) is 0 Å². The number of Topliss-reactive ketones (excluding diaryl/α,β-unsaturated/α-hetero) is 1. The predicted molar refractivity (Wildman–Crippen MR) is 88.5 cm³/mol. The van der Waals surface area contributed by atoms with Crippen molar-refractivity contribution in [1.29, 1.82) is 0 Å². The molecule has 2 rings (SSSR count). The van der Waals surface area contributed by atoms with E-state index >= 15 is 0 Å². The molecule has 2 aromatic carbocycles. The first-order chi connectivity index (χ1) is 10.1. The number of carbonyl (C=O) groups excluding carboxylic acids is 1. The molecule has 0 spiro atoms. The van der Waals surface area contributed by atoms with E-state index < -0.39 is 0 Å². The fraction of sp³-hybridized carbons (Fsp3) is 0.350. The van der Waals surface area contributed by atoms with E-state index in [4.69, 9.17) is 0 Å². The molecule has 21 heavy (non-hydrogen) atoms. The molecular formula is C20H24O. The van der Waals surface area contributed by atoms with Gasteiger partial charge < -0.3 is 0 Å². The molecule has 0 amide bonds. The number of hydrogen-bond donors (Lipinski definition) is 0. The minimum Gasteiger partial charge on any atom is -0.299 e. The summed E-state index contributed by atoms with van der Waals surface area (Å²) in [5.41, 5.74) is 3.47. The maximum Gasteiger partial charge on any atom is 0.144 e. The molecule has 2 atom stereocenters. The Hall–Kier alpha value is -1.89. The van der Waals surface area contributed by atoms with E-state index in [0.717, 1.165) is 17.5 Å². The van der Waals surface area contributed by atoms with E-state index in [1.54, 1.807) is 0 Å². The molecule has 0 aliphatic carbocycles. The van der Waals surface area contributed by atoms with Crippen molar-refractivity contribution in [2.45, 2.75) is 39.5 Å². The van der Waals surface area contributed by atoms with Crippen LogP contribution in [-0.4, -0.2) is 5.78 Å². The minimum absolute atomic E-state index is 0.00304. The van der Waals surface area contributed by atoms with Crippen molar-refractivity contribution >= 4 is 5.78 Å². The molecule has 0 saturated heterocycles. The van der Waals surface area contributed by atoms with E-state index in [1.807, 2.05) is 30.3 Å². The van der Waals surface area contributed by atoms with Crippen LogP contribution in [0.2, 0.25) is 0 Å². The predicted octanol–water partition coefficient (Wildman–Crippen LogP) is 4.94. The molecule has 0 bridgehead atoms. The topological polar surface area (TPSA) is 17.1 Å². The Morgan fingerprint density at radius 3 is 2.38 bits per heavy atom. The number of benzene rings is 2. The normalized spacial score (nSPS) is 13.7. The number of carbonyl (C=O) groups is 1. The Labute approximate surface area is 128 Å². The molecular weight excluding hydrogens is 256 g/mol. The van der Waals surface area contributed by atoms with E-state index in [-0.39, 0.29) is 5.92 Å². The summed E-state index contributed by atoms with van der Waals surface area (Å²) in [6, 6.07) is 18.4. The molecule has 1 heteroatoms. The van der Waals surface area contributed by atoms with Crippen molar-refractivity contribution < 1.29 is 4.79 Å². The van der Waals surface area contributed by atoms with Gasteiger partial charge in [0.05, 0.1) is 0 Å². The third kappa shape index (κ3) is 4.04. The molecule has 0 saturated carbocycles. The smallest absolute Gasteiger partial charge is 0.144 e. The number of ketones is 1. The summed E-state index contributed by atoms with van der Waals surface area (Å²) < 4.78 is 0. The van der Waals surface area contributed by atoms with Crippen LogP contribution < -0.4 is 0 Å². The molecule has 0 aliphatic rings. The van der Waals surface area contributed by atoms with Gasteiger partial charge in [-0.1, -0.05) is 80.4 Å². The SMILES string of the molecule is CCC(C)C(C(=O)Cc1cccc(C)c1)c1ccccc1. The van der Waals surface area contributed by atoms with Crippen molar-refractivity contribution in [2.24, 2.45) is 5.92 Å². The van der Waals surface area contributed by atoms with Gasteiger partial charge in [-0.25, -0.2) is 0 Å². The molecule has 0 fully saturated rings. The highest BCUT2D eigenvalue weighted by molar-refractivity contribution is 5.88. The van der Waals surface area contributed by atoms with E-state index in [1.165, 1.54) is 5.56 Å². The Bertz CT molecular complexity index is 586. The summed E-state index contributed by atoms with van der Waals surface area (Å²) in [7, 11) is 0. The highest BCUT2D eigenvalue weighted by Gasteiger charge is 2.25. The number of rotatable bonds is 6. The van der Waals surface area contributed by atoms with E-state index in [9.17, 15) is 4.79 Å². The van der Waals surface area contributed by atoms with Gasteiger partial charge in [0.1, 0.15) is 5.78 Å². The van der Waals surface area contributed by atoms with Crippen molar-refractivity contribution in [3.05, 3.63) is 71.3 Å². The van der Waals surface area contributed by atoms with Crippen LogP contribution >= 0.6 is 0 Å². The second-order valence-corrected chi connectivity index (χ2v) is 5.91. The molecule has 1 nitrogen and oxygen atoms in total. The van der Waals surface area contributed by atoms with Gasteiger partial charge in [-0.05, 0) is 24.0 Å². The first-order valence-corrected chi connectivity index (χ1v) is 7.75. The van der Waals surface area contributed by atoms with Crippen LogP contribution in [0.5, 0.6) is 0 Å². The monoisotopic (exact) mass is 280 g/mol. The van der Waals surface area contributed by atoms with Gasteiger partial charge in [-0.3, -0.25) is 4.79 Å². The van der Waals surface area contributed by atoms with Crippen molar-refractivity contribution in [3.63, 3.8) is 0 Å². The summed E-state index contributed by atoms with van der Waals surface area (Å²) in [6.45, 7) is 6.39. The Morgan fingerprint density at radius 2 is 1.76 bits per heavy atom. The highest BCUT2D eigenvalue weighted by atomic mass is 16.1. The largest absolute Gasteiger partial charge is 0.299 e. The van der Waals surface area contributed by atoms with Crippen LogP contribution in [0, 0.1) is 12.8 Å². The van der Waals surface area contributed by atoms with Crippen LogP contribution in [-0.2, 0) is 11.2 Å². The molecule has 2 aromatic rings. The summed E-state index contributed by atoms with van der Waals surface area (Å²) >= 11 is 0. The average molecular weight is 280 g/mol. The summed E-state index contributed by atoms with van der Waals surface area (Å²) in [5, 5.41) is 0. The molecule has 0 N–H and O–H groups in total. The third-order valence-electron chi connectivity index (χ3n) is 4.18. The Balaban J connectivity index is 2.23. The molecule has 0 radical (unpaired) electrons. The summed E-state index contributed by atoms with van der Waals surface area (Å²) in [5.74, 6) is 0.683. The second-order valence-electron chi connectivity index (χ2n) is 5.91. The van der Waals surface area contributed by atoms with Crippen molar-refractivity contribution in [1.82, 2.24) is 0 Å². The highest BCUT2D eigenvalue weighted by Crippen LogP contribution is 2.29. The standard InChI is InChI=1S/C20H24O/c1-4-16(3)20(18-11-6-5-7-12-18)19(21)14-17-10-8-9-15(2)13-17/h5-13,16,20H,4,14H2,1-3H3. The minimum atomic E-state index is -0.00304. The van der Waals surface area contributed by atoms with Gasteiger partial charge in [0.25, 0.3) is 0 Å². The molecule has 0 heterocycles. The fourth-order valence-electron chi connectivity index (χ4n) is 2.86. The average Bonchev–Trinajstić information content (AvgIpc) is 2.48. The zero-order valence-corrected chi connectivity index (χ0v) is 13.2. The van der Waals surface area contributed by atoms with Crippen molar-refractivity contribution in [3.8, 4) is 0 Å². The van der Waals surface area contributed by atoms with E-state index in [0.29, 0.717) is 18.1 Å². The van der Waals surface area contributed by atoms with Gasteiger partial charge in [0, 0.05) is 12.3 Å². The zero-order valence-electron chi connectivity index (χ0n) is 13.2. The van der Waals surface area contributed by atoms with Gasteiger partial charge in [0.2, 0.25) is 0 Å². The summed E-state index contributed by atoms with van der Waals surface area (Å²) in [6.07, 6.45) is 1.53. The Kier molecular flexibility index (Phi) is 5.32. The Morgan fingerprint density at radius 1 is 1.05 bits per heavy atom. The quantitative estimate of drug-likeness (QED) is 0.732. The van der Waals surface area contributed by atoms with Gasteiger partial charge >= 0.3 is 0 Å². The van der Waals surface area contributed by atoms with Crippen LogP contribution in [0.1, 0.15) is 42.9 Å². The lowest BCUT2D eigenvalue weighted by molar-refractivity contribution is -0.120. The molecule has 110 valence electrons. The maximum atomic E-state index is 12.8. The zero-order chi connectivity index (χ0) is 15.2. The van der Waals surface area contributed by atoms with Crippen LogP contribution in [0.25, 0.3) is 0 Å². The number of hydrogen-bond acceptors (Lipinski definition) is 1.